The van der Waals surface area contributed by atoms with Crippen molar-refractivity contribution in [1.82, 2.24) is 20.0 Å². The van der Waals surface area contributed by atoms with Gasteiger partial charge in [0.15, 0.2) is 4.60 Å². The number of hydrogen-bond donors (Lipinski definition) is 1. The normalized spacial score (nSPS) is 11.7. The van der Waals surface area contributed by atoms with E-state index >= 15 is 0 Å². The molecule has 0 saturated carbocycles. The third-order valence-corrected chi connectivity index (χ3v) is 3.07. The van der Waals surface area contributed by atoms with E-state index in [2.05, 4.69) is 36.5 Å². The van der Waals surface area contributed by atoms with E-state index in [1.807, 2.05) is 0 Å². The first kappa shape index (κ1) is 14.8. The highest BCUT2D eigenvalue weighted by Crippen LogP contribution is 2.34. The summed E-state index contributed by atoms with van der Waals surface area (Å²) in [6.07, 6.45) is -4.44. The summed E-state index contributed by atoms with van der Waals surface area (Å²) in [6.45, 7) is 2.25. The van der Waals surface area contributed by atoms with Crippen molar-refractivity contribution in [3.63, 3.8) is 0 Å². The van der Waals surface area contributed by atoms with Crippen LogP contribution in [-0.2, 0) is 13.2 Å². The molecular formula is C11H11BrF3N5. The monoisotopic (exact) mass is 349 g/mol. The lowest BCUT2D eigenvalue weighted by Gasteiger charge is -2.12. The zero-order valence-electron chi connectivity index (χ0n) is 10.7. The summed E-state index contributed by atoms with van der Waals surface area (Å²) in [6, 6.07) is 1.95. The minimum Gasteiger partial charge on any atom is -0.370 e. The Balaban J connectivity index is 2.61. The number of halogens is 4. The number of aromatic nitrogens is 4. The maximum absolute atomic E-state index is 12.9. The summed E-state index contributed by atoms with van der Waals surface area (Å²) >= 11 is 3.16. The van der Waals surface area contributed by atoms with Gasteiger partial charge >= 0.3 is 6.18 Å². The number of hydrogen-bond acceptors (Lipinski definition) is 4. The van der Waals surface area contributed by atoms with E-state index in [4.69, 9.17) is 0 Å². The molecule has 0 saturated heterocycles. The van der Waals surface area contributed by atoms with Gasteiger partial charge in [-0.15, -0.1) is 5.10 Å². The van der Waals surface area contributed by atoms with Crippen LogP contribution in [0.4, 0.5) is 19.0 Å². The number of anilines is 1. The molecule has 108 valence electrons. The topological polar surface area (TPSA) is 55.6 Å². The molecule has 0 radical (unpaired) electrons. The van der Waals surface area contributed by atoms with E-state index in [1.54, 1.807) is 14.0 Å². The summed E-state index contributed by atoms with van der Waals surface area (Å²) in [5, 5.41) is 10.3. The van der Waals surface area contributed by atoms with Gasteiger partial charge in [0.2, 0.25) is 0 Å². The molecule has 0 aliphatic rings. The van der Waals surface area contributed by atoms with Crippen LogP contribution in [0.15, 0.2) is 16.7 Å². The van der Waals surface area contributed by atoms with Crippen molar-refractivity contribution < 1.29 is 13.2 Å². The fourth-order valence-electron chi connectivity index (χ4n) is 1.69. The van der Waals surface area contributed by atoms with E-state index in [0.717, 1.165) is 12.1 Å². The first-order valence-corrected chi connectivity index (χ1v) is 6.51. The molecule has 20 heavy (non-hydrogen) atoms. The van der Waals surface area contributed by atoms with Crippen LogP contribution >= 0.6 is 15.9 Å². The lowest BCUT2D eigenvalue weighted by Crippen LogP contribution is -2.09. The lowest BCUT2D eigenvalue weighted by molar-refractivity contribution is -0.137. The molecule has 2 aromatic heterocycles. The van der Waals surface area contributed by atoms with Crippen LogP contribution in [0.25, 0.3) is 11.4 Å². The Kier molecular flexibility index (Phi) is 3.98. The molecule has 9 heteroatoms. The van der Waals surface area contributed by atoms with Crippen LogP contribution in [0.1, 0.15) is 12.5 Å². The molecular weight excluding hydrogens is 339 g/mol. The highest BCUT2D eigenvalue weighted by molar-refractivity contribution is 9.10. The molecule has 0 unspecified atom stereocenters. The SMILES string of the molecule is CCNc1cc(C(F)(F)F)cc(-c2c(Br)nnn2C)n1. The summed E-state index contributed by atoms with van der Waals surface area (Å²) < 4.78 is 40.5. The Bertz CT molecular complexity index is 604. The lowest BCUT2D eigenvalue weighted by atomic mass is 10.2. The number of nitrogens with zero attached hydrogens (tertiary/aromatic N) is 4. The minimum atomic E-state index is -4.44. The van der Waals surface area contributed by atoms with Gasteiger partial charge in [0.1, 0.15) is 11.5 Å². The van der Waals surface area contributed by atoms with Crippen molar-refractivity contribution >= 4 is 21.7 Å². The Hall–Kier alpha value is -1.64. The first-order valence-electron chi connectivity index (χ1n) is 5.71. The van der Waals surface area contributed by atoms with Crippen molar-refractivity contribution in [1.29, 1.82) is 0 Å². The Morgan fingerprint density at radius 3 is 2.55 bits per heavy atom. The Morgan fingerprint density at radius 1 is 1.35 bits per heavy atom. The van der Waals surface area contributed by atoms with Crippen LogP contribution in [0.5, 0.6) is 0 Å². The van der Waals surface area contributed by atoms with Crippen LogP contribution < -0.4 is 5.32 Å². The standard InChI is InChI=1S/C11H11BrF3N5/c1-3-16-8-5-6(11(13,14)15)4-7(17-8)9-10(12)18-19-20(9)2/h4-5H,3H2,1-2H3,(H,16,17). The maximum atomic E-state index is 12.9. The molecule has 0 amide bonds. The quantitative estimate of drug-likeness (QED) is 0.924. The number of alkyl halides is 3. The zero-order valence-corrected chi connectivity index (χ0v) is 12.2. The van der Waals surface area contributed by atoms with E-state index in [1.165, 1.54) is 4.68 Å². The first-order chi connectivity index (χ1) is 9.32. The van der Waals surface area contributed by atoms with Crippen LogP contribution in [0, 0.1) is 0 Å². The largest absolute Gasteiger partial charge is 0.416 e. The molecule has 0 bridgehead atoms. The van der Waals surface area contributed by atoms with E-state index in [9.17, 15) is 13.2 Å². The number of pyridine rings is 1. The van der Waals surface area contributed by atoms with Crippen molar-refractivity contribution in [2.45, 2.75) is 13.1 Å². The molecule has 0 fully saturated rings. The molecule has 0 atom stereocenters. The van der Waals surface area contributed by atoms with Gasteiger partial charge in [-0.2, -0.15) is 13.2 Å². The van der Waals surface area contributed by atoms with Gasteiger partial charge in [-0.1, -0.05) is 5.21 Å². The average molecular weight is 350 g/mol. The smallest absolute Gasteiger partial charge is 0.370 e. The van der Waals surface area contributed by atoms with Gasteiger partial charge < -0.3 is 5.32 Å². The number of aryl methyl sites for hydroxylation is 1. The van der Waals surface area contributed by atoms with E-state index < -0.39 is 11.7 Å². The zero-order chi connectivity index (χ0) is 14.9. The molecule has 0 aliphatic heterocycles. The van der Waals surface area contributed by atoms with Gasteiger partial charge in [-0.25, -0.2) is 9.67 Å². The summed E-state index contributed by atoms with van der Waals surface area (Å²) in [7, 11) is 1.59. The highest BCUT2D eigenvalue weighted by atomic mass is 79.9. The van der Waals surface area contributed by atoms with E-state index in [0.29, 0.717) is 16.8 Å². The van der Waals surface area contributed by atoms with Crippen LogP contribution in [-0.4, -0.2) is 26.5 Å². The van der Waals surface area contributed by atoms with Gasteiger partial charge in [0.25, 0.3) is 0 Å². The Morgan fingerprint density at radius 2 is 2.05 bits per heavy atom. The molecule has 1 N–H and O–H groups in total. The molecule has 2 heterocycles. The second kappa shape index (κ2) is 5.39. The third-order valence-electron chi connectivity index (χ3n) is 2.54. The molecule has 0 aromatic carbocycles. The van der Waals surface area contributed by atoms with E-state index in [-0.39, 0.29) is 11.5 Å². The van der Waals surface area contributed by atoms with Crippen molar-refractivity contribution in [2.24, 2.45) is 7.05 Å². The molecule has 0 spiro atoms. The molecule has 2 aromatic rings. The van der Waals surface area contributed by atoms with Gasteiger partial charge in [-0.3, -0.25) is 0 Å². The minimum absolute atomic E-state index is 0.148. The maximum Gasteiger partial charge on any atom is 0.416 e. The highest BCUT2D eigenvalue weighted by Gasteiger charge is 2.32. The van der Waals surface area contributed by atoms with Gasteiger partial charge in [0.05, 0.1) is 11.3 Å². The number of nitrogens with one attached hydrogen (secondary N) is 1. The van der Waals surface area contributed by atoms with Crippen LogP contribution in [0.3, 0.4) is 0 Å². The van der Waals surface area contributed by atoms with Crippen molar-refractivity contribution in [2.75, 3.05) is 11.9 Å². The van der Waals surface area contributed by atoms with Gasteiger partial charge in [-0.05, 0) is 35.0 Å². The van der Waals surface area contributed by atoms with Gasteiger partial charge in [0, 0.05) is 13.6 Å². The molecule has 0 aliphatic carbocycles. The second-order valence-electron chi connectivity index (χ2n) is 4.01. The summed E-state index contributed by atoms with van der Waals surface area (Å²) in [5.74, 6) is 0.158. The fourth-order valence-corrected chi connectivity index (χ4v) is 2.22. The van der Waals surface area contributed by atoms with Crippen molar-refractivity contribution in [3.05, 3.63) is 22.3 Å². The summed E-state index contributed by atoms with van der Waals surface area (Å²) in [5.41, 5.74) is -0.239. The second-order valence-corrected chi connectivity index (χ2v) is 4.76. The number of rotatable bonds is 3. The molecule has 2 rings (SSSR count). The summed E-state index contributed by atoms with van der Waals surface area (Å²) in [4.78, 5) is 4.16. The third kappa shape index (κ3) is 2.92. The predicted molar refractivity (Wildman–Crippen MR) is 71.1 cm³/mol. The average Bonchev–Trinajstić information content (AvgIpc) is 2.68. The predicted octanol–water partition coefficient (Wildman–Crippen LogP) is 3.09. The van der Waals surface area contributed by atoms with Crippen LogP contribution in [0.2, 0.25) is 0 Å². The fraction of sp³-hybridized carbons (Fsp3) is 0.364. The molecule has 5 nitrogen and oxygen atoms in total. The van der Waals surface area contributed by atoms with Crippen molar-refractivity contribution in [3.8, 4) is 11.4 Å². The Labute approximate surface area is 121 Å².